The van der Waals surface area contributed by atoms with Gasteiger partial charge >= 0.3 is 0 Å². The van der Waals surface area contributed by atoms with Crippen molar-refractivity contribution in [2.75, 3.05) is 0 Å². The SMILES string of the molecule is CC(C)(C)C(P)(c1ccccc1C(P)(c1cccnc1)c1cccnc1)C12CC3CC(CC(C3)C1)C2. The van der Waals surface area contributed by atoms with Crippen LogP contribution in [0.5, 0.6) is 0 Å². The van der Waals surface area contributed by atoms with Crippen molar-refractivity contribution < 1.29 is 0 Å². The van der Waals surface area contributed by atoms with Gasteiger partial charge in [-0.1, -0.05) is 57.2 Å². The molecule has 4 saturated carbocycles. The quantitative estimate of drug-likeness (QED) is 0.323. The summed E-state index contributed by atoms with van der Waals surface area (Å²) in [6, 6.07) is 17.9. The second-order valence-electron chi connectivity index (χ2n) is 13.1. The fraction of sp³-hybridized carbons (Fsp3) is 0.500. The Morgan fingerprint density at radius 3 is 1.58 bits per heavy atom. The van der Waals surface area contributed by atoms with Gasteiger partial charge in [-0.3, -0.25) is 9.97 Å². The Labute approximate surface area is 221 Å². The summed E-state index contributed by atoms with van der Waals surface area (Å²) in [4.78, 5) is 9.12. The third-order valence-corrected chi connectivity index (χ3v) is 12.8. The van der Waals surface area contributed by atoms with E-state index >= 15 is 0 Å². The minimum absolute atomic E-state index is 0.0428. The molecule has 2 nitrogen and oxygen atoms in total. The molecule has 1 aromatic carbocycles. The van der Waals surface area contributed by atoms with Crippen LogP contribution in [0.1, 0.15) is 81.5 Å². The summed E-state index contributed by atoms with van der Waals surface area (Å²) in [7, 11) is 6.78. The zero-order valence-corrected chi connectivity index (χ0v) is 24.3. The third kappa shape index (κ3) is 3.58. The van der Waals surface area contributed by atoms with Gasteiger partial charge in [0.05, 0.1) is 5.16 Å². The Morgan fingerprint density at radius 2 is 1.17 bits per heavy atom. The first-order valence-electron chi connectivity index (χ1n) is 13.7. The zero-order valence-electron chi connectivity index (χ0n) is 22.0. The summed E-state index contributed by atoms with van der Waals surface area (Å²) in [5, 5.41) is -0.479. The Kier molecular flexibility index (Phi) is 5.98. The molecule has 0 saturated heterocycles. The molecule has 4 heteroatoms. The Bertz CT molecular complexity index is 1160. The Hall–Kier alpha value is -1.62. The lowest BCUT2D eigenvalue weighted by Crippen LogP contribution is -2.59. The Morgan fingerprint density at radius 1 is 0.694 bits per heavy atom. The van der Waals surface area contributed by atoms with Crippen molar-refractivity contribution in [1.82, 2.24) is 9.97 Å². The number of hydrogen-bond donors (Lipinski definition) is 0. The fourth-order valence-electron chi connectivity index (χ4n) is 8.92. The predicted molar refractivity (Wildman–Crippen MR) is 156 cm³/mol. The number of pyridine rings is 2. The highest BCUT2D eigenvalue weighted by Crippen LogP contribution is 2.73. The monoisotopic (exact) mass is 514 g/mol. The van der Waals surface area contributed by atoms with Gasteiger partial charge in [-0.15, -0.1) is 18.5 Å². The van der Waals surface area contributed by atoms with Crippen molar-refractivity contribution in [3.8, 4) is 0 Å². The van der Waals surface area contributed by atoms with E-state index in [9.17, 15) is 0 Å². The summed E-state index contributed by atoms with van der Waals surface area (Å²) in [5.41, 5.74) is 5.60. The van der Waals surface area contributed by atoms with Crippen molar-refractivity contribution in [3.63, 3.8) is 0 Å². The normalized spacial score (nSPS) is 29.2. The molecular formula is C32H40N2P2. The van der Waals surface area contributed by atoms with Crippen molar-refractivity contribution in [3.05, 3.63) is 95.6 Å². The third-order valence-electron chi connectivity index (χ3n) is 10.1. The van der Waals surface area contributed by atoms with Crippen LogP contribution >= 0.6 is 18.5 Å². The second kappa shape index (κ2) is 8.71. The van der Waals surface area contributed by atoms with Crippen LogP contribution in [-0.4, -0.2) is 9.97 Å². The number of rotatable bonds is 5. The maximum absolute atomic E-state index is 4.56. The van der Waals surface area contributed by atoms with Crippen molar-refractivity contribution in [2.24, 2.45) is 28.6 Å². The molecular weight excluding hydrogens is 474 g/mol. The van der Waals surface area contributed by atoms with Gasteiger partial charge in [-0.05, 0) is 101 Å². The summed E-state index contributed by atoms with van der Waals surface area (Å²) in [6.07, 6.45) is 16.3. The van der Waals surface area contributed by atoms with Gasteiger partial charge in [0.2, 0.25) is 0 Å². The summed E-state index contributed by atoms with van der Waals surface area (Å²) in [6.45, 7) is 7.44. The molecule has 36 heavy (non-hydrogen) atoms. The maximum Gasteiger partial charge on any atom is 0.0624 e. The lowest BCUT2D eigenvalue weighted by Gasteiger charge is -2.67. The van der Waals surface area contributed by atoms with E-state index in [0.29, 0.717) is 5.41 Å². The molecule has 4 bridgehead atoms. The molecule has 3 unspecified atom stereocenters. The number of benzene rings is 1. The van der Waals surface area contributed by atoms with Crippen LogP contribution in [0.2, 0.25) is 0 Å². The van der Waals surface area contributed by atoms with E-state index in [1.807, 2.05) is 24.8 Å². The van der Waals surface area contributed by atoms with Crippen LogP contribution in [0.15, 0.2) is 73.3 Å². The fourth-order valence-corrected chi connectivity index (χ4v) is 10.1. The lowest BCUT2D eigenvalue weighted by molar-refractivity contribution is -0.101. The van der Waals surface area contributed by atoms with Gasteiger partial charge in [0.15, 0.2) is 0 Å². The van der Waals surface area contributed by atoms with E-state index in [2.05, 4.69) is 97.7 Å². The first-order chi connectivity index (χ1) is 17.2. The average molecular weight is 515 g/mol. The maximum atomic E-state index is 4.56. The molecule has 188 valence electrons. The van der Waals surface area contributed by atoms with Crippen LogP contribution in [0.4, 0.5) is 0 Å². The van der Waals surface area contributed by atoms with Crippen molar-refractivity contribution >= 4 is 18.5 Å². The molecule has 0 spiro atoms. The van der Waals surface area contributed by atoms with E-state index in [1.165, 1.54) is 60.8 Å². The summed E-state index contributed by atoms with van der Waals surface area (Å²) in [5.74, 6) is 2.72. The van der Waals surface area contributed by atoms with Gasteiger partial charge in [-0.2, -0.15) is 0 Å². The highest BCUT2D eigenvalue weighted by molar-refractivity contribution is 7.19. The van der Waals surface area contributed by atoms with Crippen molar-refractivity contribution in [1.29, 1.82) is 0 Å². The van der Waals surface area contributed by atoms with E-state index in [0.717, 1.165) is 17.8 Å². The number of hydrogen-bond acceptors (Lipinski definition) is 2. The highest BCUT2D eigenvalue weighted by atomic mass is 31.0. The van der Waals surface area contributed by atoms with Crippen LogP contribution < -0.4 is 0 Å². The minimum atomic E-state index is -0.436. The molecule has 0 radical (unpaired) electrons. The Balaban J connectivity index is 1.62. The molecule has 0 amide bonds. The molecule has 2 heterocycles. The van der Waals surface area contributed by atoms with Crippen LogP contribution in [0.3, 0.4) is 0 Å². The molecule has 4 aliphatic carbocycles. The predicted octanol–water partition coefficient (Wildman–Crippen LogP) is 7.98. The zero-order chi connectivity index (χ0) is 25.2. The van der Waals surface area contributed by atoms with Gasteiger partial charge in [-0.25, -0.2) is 0 Å². The highest BCUT2D eigenvalue weighted by Gasteiger charge is 2.63. The van der Waals surface area contributed by atoms with E-state index in [4.69, 9.17) is 0 Å². The minimum Gasteiger partial charge on any atom is -0.264 e. The topological polar surface area (TPSA) is 25.8 Å². The first kappa shape index (κ1) is 24.7. The largest absolute Gasteiger partial charge is 0.264 e. The van der Waals surface area contributed by atoms with E-state index < -0.39 is 5.16 Å². The standard InChI is InChI=1S/C32H40N2P2/c1-29(2,3)32(36,30-17-22-14-23(18-30)16-24(15-22)19-30)28-11-5-4-10-27(28)31(35,25-8-6-12-33-20-25)26-9-7-13-34-21-26/h4-13,20-24H,14-19,35-36H2,1-3H3. The summed E-state index contributed by atoms with van der Waals surface area (Å²) >= 11 is 0. The molecule has 3 aromatic rings. The molecule has 4 fully saturated rings. The second-order valence-corrected chi connectivity index (χ2v) is 14.8. The van der Waals surface area contributed by atoms with Gasteiger partial charge in [0.25, 0.3) is 0 Å². The smallest absolute Gasteiger partial charge is 0.0624 e. The lowest BCUT2D eigenvalue weighted by atomic mass is 9.42. The van der Waals surface area contributed by atoms with Gasteiger partial charge < -0.3 is 0 Å². The van der Waals surface area contributed by atoms with Crippen LogP contribution in [0.25, 0.3) is 0 Å². The first-order valence-corrected chi connectivity index (χ1v) is 14.8. The van der Waals surface area contributed by atoms with Crippen LogP contribution in [0, 0.1) is 28.6 Å². The number of nitrogens with zero attached hydrogens (tertiary/aromatic N) is 2. The van der Waals surface area contributed by atoms with E-state index in [1.54, 1.807) is 0 Å². The number of aromatic nitrogens is 2. The molecule has 7 rings (SSSR count). The molecule has 3 atom stereocenters. The molecule has 2 aromatic heterocycles. The average Bonchev–Trinajstić information content (AvgIpc) is 2.87. The molecule has 0 N–H and O–H groups in total. The van der Waals surface area contributed by atoms with E-state index in [-0.39, 0.29) is 10.6 Å². The van der Waals surface area contributed by atoms with Crippen LogP contribution in [-0.2, 0) is 10.3 Å². The molecule has 4 aliphatic rings. The van der Waals surface area contributed by atoms with Crippen molar-refractivity contribution in [2.45, 2.75) is 69.6 Å². The molecule has 0 aliphatic heterocycles. The van der Waals surface area contributed by atoms with Gasteiger partial charge in [0.1, 0.15) is 0 Å². The summed E-state index contributed by atoms with van der Waals surface area (Å²) < 4.78 is 0. The van der Waals surface area contributed by atoms with Gasteiger partial charge in [0, 0.05) is 29.9 Å².